The van der Waals surface area contributed by atoms with E-state index in [4.69, 9.17) is 35.1 Å². The highest BCUT2D eigenvalue weighted by molar-refractivity contribution is 15.0. The molecule has 0 aromatic heterocycles. The second-order valence-corrected chi connectivity index (χ2v) is 11.7. The predicted molar refractivity (Wildman–Crippen MR) is 237 cm³/mol. The lowest BCUT2D eigenvalue weighted by Gasteiger charge is -2.23. The number of urea groups is 2. The minimum atomic E-state index is -1.62. The molecule has 0 bridgehead atoms. The first-order valence-electron chi connectivity index (χ1n) is 10.6. The Morgan fingerprint density at radius 2 is 1.04 bits per heavy atom. The Labute approximate surface area is 340 Å². The van der Waals surface area contributed by atoms with E-state index < -0.39 is 36.8 Å². The summed E-state index contributed by atoms with van der Waals surface area (Å²) in [6.07, 6.45) is -0.0410. The Morgan fingerprint density at radius 1 is 0.736 bits per heavy atom. The van der Waals surface area contributed by atoms with Crippen LogP contribution in [0.15, 0.2) is 0 Å². The van der Waals surface area contributed by atoms with Crippen molar-refractivity contribution in [1.29, 1.82) is 0 Å². The SMILES string of the molecule is C.C.C.C.C.C.C=II.CN(CC(=O)O)C(=O)N(C)CC(O)O.CN(CP)CC(=O)O.CNC(=O)NC.O.O.O.O.O.O.O=C(O)CNCP.O=C=O. The van der Waals surface area contributed by atoms with E-state index in [0.29, 0.717) is 29.3 Å². The Bertz CT molecular complexity index is 762. The van der Waals surface area contributed by atoms with Crippen LogP contribution in [0.3, 0.4) is 0 Å². The molecule has 24 nitrogen and oxygen atoms in total. The molecule has 20 N–H and O–H groups in total. The molecule has 0 aliphatic heterocycles. The minimum Gasteiger partial charge on any atom is -0.480 e. The molecular weight excluding hydrogens is 988 g/mol. The molecule has 2 atom stereocenters. The van der Waals surface area contributed by atoms with Crippen molar-refractivity contribution in [3.8, 4) is 0 Å². The van der Waals surface area contributed by atoms with Crippen molar-refractivity contribution in [3.05, 3.63) is 0 Å². The number of aliphatic carboxylic acids is 3. The lowest BCUT2D eigenvalue weighted by atomic mass is 10.5. The van der Waals surface area contributed by atoms with Gasteiger partial charge in [0.1, 0.15) is 6.54 Å². The molecule has 0 aliphatic carbocycles. The van der Waals surface area contributed by atoms with Crippen LogP contribution in [0.4, 0.5) is 9.59 Å². The van der Waals surface area contributed by atoms with Gasteiger partial charge < -0.3 is 84.1 Å². The lowest BCUT2D eigenvalue weighted by Crippen LogP contribution is -2.44. The monoisotopic (exact) mass is 1070 g/mol. The van der Waals surface area contributed by atoms with E-state index >= 15 is 0 Å². The fraction of sp³-hybridized carbons (Fsp3) is 0.720. The average Bonchev–Trinajstić information content (AvgIpc) is 2.87. The number of hydrogen-bond acceptors (Lipinski definition) is 11. The van der Waals surface area contributed by atoms with E-state index in [1.807, 2.05) is 0 Å². The maximum absolute atomic E-state index is 11.3. The standard InChI is InChI=1S/C7H14N2O5.C4H10NO2P.C3H8N2O.C3H8NO2P.CH2I2.CO2.6CH4.6H2O/c1-8(3-5(10)11)7(14)9(2)4-6(12)13;1-5(3-8)2-4(6)7;1-4-3(6)5-2;5-3(6)1-4-2-7;1-3-2;2-1-3;;;;;;;;;;;;/h5,10-11H,3-4H2,1-2H3,(H,12,13);2-3,8H2,1H3,(H,6,7);1-2H3,(H2,4,5,6);4H,1-2,7H2,(H,5,6);1H2;;6*1H4;6*1H2. The number of aliphatic hydroxyl groups is 2. The van der Waals surface area contributed by atoms with Gasteiger partial charge in [0.25, 0.3) is 0 Å². The summed E-state index contributed by atoms with van der Waals surface area (Å²) in [7, 11) is 12.4. The van der Waals surface area contributed by atoms with E-state index in [1.165, 1.54) is 14.1 Å². The quantitative estimate of drug-likeness (QED) is 0.0626. The smallest absolute Gasteiger partial charge is 0.373 e. The van der Waals surface area contributed by atoms with Crippen LogP contribution in [0.1, 0.15) is 44.6 Å². The molecular formula is C25H78I2N6O18P2. The number of nitrogens with one attached hydrogen (secondary N) is 3. The summed E-state index contributed by atoms with van der Waals surface area (Å²) in [6.45, 7) is -0.527. The van der Waals surface area contributed by atoms with Crippen molar-refractivity contribution >= 4 is 94.5 Å². The highest BCUT2D eigenvalue weighted by Crippen LogP contribution is 2.00. The third kappa shape index (κ3) is 147. The van der Waals surface area contributed by atoms with E-state index in [0.717, 1.165) is 9.80 Å². The molecule has 0 saturated heterocycles. The number of halogens is 2. The predicted octanol–water partition coefficient (Wildman–Crippen LogP) is -2.74. The first-order valence-corrected chi connectivity index (χ1v) is 20.0. The first-order chi connectivity index (χ1) is 18.9. The summed E-state index contributed by atoms with van der Waals surface area (Å²) < 4.78 is 3.58. The molecule has 0 aromatic carbocycles. The molecule has 340 valence electrons. The van der Waals surface area contributed by atoms with Crippen molar-refractivity contribution < 1.29 is 92.0 Å². The molecule has 2 unspecified atom stereocenters. The Kier molecular flexibility index (Phi) is 205. The Morgan fingerprint density at radius 3 is 1.17 bits per heavy atom. The number of hydrogen-bond donors (Lipinski definition) is 8. The minimum absolute atomic E-state index is 0. The molecule has 28 heteroatoms. The van der Waals surface area contributed by atoms with Gasteiger partial charge in [0.15, 0.2) is 6.29 Å². The number of carboxylic acids is 3. The third-order valence-corrected chi connectivity index (χ3v) is 3.97. The molecule has 4 amide bonds. The average molecular weight is 1070 g/mol. The van der Waals surface area contributed by atoms with Crippen LogP contribution in [-0.2, 0) is 24.0 Å². The number of likely N-dealkylation sites (N-methyl/N-ethyl adjacent to an activating group) is 3. The fourth-order valence-electron chi connectivity index (χ4n) is 1.48. The van der Waals surface area contributed by atoms with E-state index in [9.17, 15) is 24.0 Å². The van der Waals surface area contributed by atoms with Gasteiger partial charge in [-0.1, -0.05) is 65.8 Å². The molecule has 0 fully saturated rings. The van der Waals surface area contributed by atoms with Gasteiger partial charge in [-0.15, -0.1) is 18.5 Å². The molecule has 0 radical (unpaired) electrons. The highest BCUT2D eigenvalue weighted by atomic mass is 128. The van der Waals surface area contributed by atoms with Gasteiger partial charge in [0, 0.05) is 40.8 Å². The molecule has 0 heterocycles. The summed E-state index contributed by atoms with van der Waals surface area (Å²) in [6, 6.07) is -0.740. The van der Waals surface area contributed by atoms with Crippen LogP contribution in [0.2, 0.25) is 0 Å². The van der Waals surface area contributed by atoms with Gasteiger partial charge in [0.2, 0.25) is 0 Å². The van der Waals surface area contributed by atoms with Crippen LogP contribution in [0.5, 0.6) is 0 Å². The number of carbonyl (C=O) groups excluding carboxylic acids is 4. The maximum atomic E-state index is 11.3. The van der Waals surface area contributed by atoms with Crippen molar-refractivity contribution in [2.75, 3.05) is 74.0 Å². The largest absolute Gasteiger partial charge is 0.480 e. The van der Waals surface area contributed by atoms with Crippen molar-refractivity contribution in [1.82, 2.24) is 30.7 Å². The van der Waals surface area contributed by atoms with Gasteiger partial charge in [0.05, 0.1) is 19.6 Å². The summed E-state index contributed by atoms with van der Waals surface area (Å²) in [5.41, 5.74) is 0. The van der Waals surface area contributed by atoms with Gasteiger partial charge in [-0.25, -0.2) is 9.59 Å². The van der Waals surface area contributed by atoms with E-state index in [2.05, 4.69) is 57.6 Å². The number of carbonyl (C=O) groups is 5. The van der Waals surface area contributed by atoms with E-state index in [1.54, 1.807) is 26.0 Å². The highest BCUT2D eigenvalue weighted by Gasteiger charge is 2.17. The number of nitrogens with zero attached hydrogens (tertiary/aromatic N) is 3. The molecule has 0 saturated carbocycles. The zero-order chi connectivity index (χ0) is 34.0. The topological polar surface area (TPSA) is 455 Å². The number of rotatable bonds is 10. The molecule has 0 aliphatic rings. The molecule has 0 aromatic rings. The normalized spacial score (nSPS) is 6.57. The zero-order valence-corrected chi connectivity index (χ0v) is 33.0. The first kappa shape index (κ1) is 117. The number of carboxylic acid groups (broad SMARTS) is 3. The van der Waals surface area contributed by atoms with Crippen molar-refractivity contribution in [3.63, 3.8) is 0 Å². The number of amides is 4. The second-order valence-electron chi connectivity index (χ2n) is 6.52. The van der Waals surface area contributed by atoms with Crippen LogP contribution in [0.25, 0.3) is 0 Å². The number of aliphatic hydroxyl groups excluding tert-OH is 1. The fourth-order valence-corrected chi connectivity index (χ4v) is 1.76. The summed E-state index contributed by atoms with van der Waals surface area (Å²) in [5, 5.41) is 49.0. The van der Waals surface area contributed by atoms with Gasteiger partial charge >= 0.3 is 36.1 Å². The van der Waals surface area contributed by atoms with Crippen LogP contribution >= 0.6 is 53.9 Å². The van der Waals surface area contributed by atoms with Gasteiger partial charge in [-0.3, -0.25) is 19.3 Å². The molecule has 0 spiro atoms. The van der Waals surface area contributed by atoms with Gasteiger partial charge in [-0.2, -0.15) is 9.59 Å². The van der Waals surface area contributed by atoms with E-state index in [-0.39, 0.29) is 109 Å². The Balaban J connectivity index is -0.0000000176. The summed E-state index contributed by atoms with van der Waals surface area (Å²) in [4.78, 5) is 71.0. The maximum Gasteiger partial charge on any atom is 0.373 e. The van der Waals surface area contributed by atoms with Crippen molar-refractivity contribution in [2.24, 2.45) is 0 Å². The van der Waals surface area contributed by atoms with Crippen molar-refractivity contribution in [2.45, 2.75) is 50.8 Å². The summed E-state index contributed by atoms with van der Waals surface area (Å²) >= 11 is 2.60. The zero-order valence-electron chi connectivity index (χ0n) is 26.4. The van der Waals surface area contributed by atoms with Gasteiger partial charge in [-0.05, 0) is 25.7 Å². The third-order valence-electron chi connectivity index (χ3n) is 3.05. The second kappa shape index (κ2) is 92.7. The Hall–Kier alpha value is -1.88. The van der Waals surface area contributed by atoms with Crippen LogP contribution in [0, 0.1) is 0 Å². The molecule has 0 rings (SSSR count). The van der Waals surface area contributed by atoms with Crippen LogP contribution < -0.4 is 16.0 Å². The lowest BCUT2D eigenvalue weighted by molar-refractivity contribution is -0.191. The molecule has 53 heavy (non-hydrogen) atoms. The van der Waals surface area contributed by atoms with Crippen LogP contribution in [-0.4, -0.2) is 194 Å². The summed E-state index contributed by atoms with van der Waals surface area (Å²) in [5.74, 6) is -2.73.